The molecule has 0 saturated carbocycles. The van der Waals surface area contributed by atoms with E-state index in [1.54, 1.807) is 7.11 Å². The second-order valence-corrected chi connectivity index (χ2v) is 3.30. The Hall–Kier alpha value is -0.860. The molecule has 0 bridgehead atoms. The lowest BCUT2D eigenvalue weighted by Gasteiger charge is -2.13. The minimum absolute atomic E-state index is 0.325. The van der Waals surface area contributed by atoms with Gasteiger partial charge in [0.1, 0.15) is 0 Å². The van der Waals surface area contributed by atoms with Crippen LogP contribution in [0.2, 0.25) is 0 Å². The molecule has 1 rings (SSSR count). The van der Waals surface area contributed by atoms with Gasteiger partial charge in [0, 0.05) is 19.6 Å². The highest BCUT2D eigenvalue weighted by atomic mass is 16.5. The first kappa shape index (κ1) is 10.2. The van der Waals surface area contributed by atoms with E-state index in [-0.39, 0.29) is 0 Å². The molecule has 1 aromatic rings. The summed E-state index contributed by atoms with van der Waals surface area (Å²) in [6.45, 7) is 3.41. The van der Waals surface area contributed by atoms with Crippen LogP contribution >= 0.6 is 0 Å². The van der Waals surface area contributed by atoms with Gasteiger partial charge >= 0.3 is 0 Å². The van der Waals surface area contributed by atoms with Gasteiger partial charge in [0.15, 0.2) is 0 Å². The van der Waals surface area contributed by atoms with E-state index >= 15 is 0 Å². The van der Waals surface area contributed by atoms with Crippen molar-refractivity contribution in [3.05, 3.63) is 35.4 Å². The van der Waals surface area contributed by atoms with Crippen LogP contribution in [0, 0.1) is 6.92 Å². The van der Waals surface area contributed by atoms with Gasteiger partial charge in [0.25, 0.3) is 0 Å². The van der Waals surface area contributed by atoms with Crippen LogP contribution in [0.4, 0.5) is 0 Å². The van der Waals surface area contributed by atoms with Crippen LogP contribution in [0.1, 0.15) is 17.0 Å². The van der Waals surface area contributed by atoms with Crippen LogP contribution in [-0.2, 0) is 4.74 Å². The summed E-state index contributed by atoms with van der Waals surface area (Å²) in [7, 11) is 1.71. The second-order valence-electron chi connectivity index (χ2n) is 3.30. The third-order valence-corrected chi connectivity index (χ3v) is 2.20. The Morgan fingerprint density at radius 1 is 1.31 bits per heavy atom. The maximum Gasteiger partial charge on any atom is 0.0543 e. The molecule has 0 saturated heterocycles. The predicted octanol–water partition coefficient (Wildman–Crippen LogP) is 1.68. The van der Waals surface area contributed by atoms with Gasteiger partial charge in [-0.25, -0.2) is 0 Å². The molecule has 0 aliphatic carbocycles. The van der Waals surface area contributed by atoms with Gasteiger partial charge in [-0.15, -0.1) is 0 Å². The van der Waals surface area contributed by atoms with E-state index in [0.29, 0.717) is 19.1 Å². The number of aryl methyl sites for hydroxylation is 1. The van der Waals surface area contributed by atoms with Gasteiger partial charge in [-0.05, 0) is 12.5 Å². The molecule has 2 N–H and O–H groups in total. The molecule has 1 unspecified atom stereocenters. The van der Waals surface area contributed by atoms with Crippen LogP contribution in [0.3, 0.4) is 0 Å². The van der Waals surface area contributed by atoms with Gasteiger partial charge in [-0.3, -0.25) is 0 Å². The van der Waals surface area contributed by atoms with E-state index in [2.05, 4.69) is 31.2 Å². The highest BCUT2D eigenvalue weighted by Gasteiger charge is 2.07. The first-order valence-corrected chi connectivity index (χ1v) is 4.53. The second kappa shape index (κ2) is 5.00. The smallest absolute Gasteiger partial charge is 0.0543 e. The highest BCUT2D eigenvalue weighted by molar-refractivity contribution is 5.24. The molecule has 1 atom stereocenters. The Morgan fingerprint density at radius 3 is 2.38 bits per heavy atom. The van der Waals surface area contributed by atoms with Gasteiger partial charge in [-0.1, -0.05) is 29.8 Å². The number of rotatable bonds is 4. The van der Waals surface area contributed by atoms with E-state index in [1.807, 2.05) is 0 Å². The fourth-order valence-corrected chi connectivity index (χ4v) is 1.34. The summed E-state index contributed by atoms with van der Waals surface area (Å²) in [6.07, 6.45) is 0. The fourth-order valence-electron chi connectivity index (χ4n) is 1.34. The predicted molar refractivity (Wildman–Crippen MR) is 54.9 cm³/mol. The van der Waals surface area contributed by atoms with E-state index in [4.69, 9.17) is 10.5 Å². The molecule has 2 nitrogen and oxygen atoms in total. The molecule has 0 heterocycles. The number of benzene rings is 1. The maximum absolute atomic E-state index is 5.65. The molecule has 0 aliphatic heterocycles. The SMILES string of the molecule is COCC(CN)c1ccc(C)cc1. The van der Waals surface area contributed by atoms with Crippen LogP contribution in [-0.4, -0.2) is 20.3 Å². The number of ether oxygens (including phenoxy) is 1. The first-order valence-electron chi connectivity index (χ1n) is 4.53. The number of methoxy groups -OCH3 is 1. The Bertz CT molecular complexity index is 243. The summed E-state index contributed by atoms with van der Waals surface area (Å²) in [5.41, 5.74) is 8.18. The summed E-state index contributed by atoms with van der Waals surface area (Å²) in [6, 6.07) is 8.44. The standard InChI is InChI=1S/C11H17NO/c1-9-3-5-10(6-4-9)11(7-12)8-13-2/h3-6,11H,7-8,12H2,1-2H3. The lowest BCUT2D eigenvalue weighted by Crippen LogP contribution is -2.17. The summed E-state index contributed by atoms with van der Waals surface area (Å²) in [5, 5.41) is 0. The van der Waals surface area contributed by atoms with Crippen molar-refractivity contribution in [2.45, 2.75) is 12.8 Å². The zero-order chi connectivity index (χ0) is 9.68. The Kier molecular flexibility index (Phi) is 3.93. The van der Waals surface area contributed by atoms with Crippen molar-refractivity contribution in [2.24, 2.45) is 5.73 Å². The largest absolute Gasteiger partial charge is 0.384 e. The Morgan fingerprint density at radius 2 is 1.92 bits per heavy atom. The molecule has 13 heavy (non-hydrogen) atoms. The third-order valence-electron chi connectivity index (χ3n) is 2.20. The number of nitrogens with two attached hydrogens (primary N) is 1. The van der Waals surface area contributed by atoms with Gasteiger partial charge in [0.05, 0.1) is 6.61 Å². The minimum atomic E-state index is 0.325. The van der Waals surface area contributed by atoms with E-state index in [0.717, 1.165) is 0 Å². The number of hydrogen-bond acceptors (Lipinski definition) is 2. The lowest BCUT2D eigenvalue weighted by atomic mass is 9.99. The van der Waals surface area contributed by atoms with Crippen LogP contribution in [0.25, 0.3) is 0 Å². The summed E-state index contributed by atoms with van der Waals surface area (Å²) in [5.74, 6) is 0.325. The molecular weight excluding hydrogens is 162 g/mol. The molecule has 1 aromatic carbocycles. The van der Waals surface area contributed by atoms with Crippen molar-refractivity contribution in [1.82, 2.24) is 0 Å². The van der Waals surface area contributed by atoms with Crippen LogP contribution in [0.15, 0.2) is 24.3 Å². The average molecular weight is 179 g/mol. The van der Waals surface area contributed by atoms with Crippen molar-refractivity contribution in [1.29, 1.82) is 0 Å². The fraction of sp³-hybridized carbons (Fsp3) is 0.455. The minimum Gasteiger partial charge on any atom is -0.384 e. The molecular formula is C11H17NO. The van der Waals surface area contributed by atoms with Crippen LogP contribution in [0.5, 0.6) is 0 Å². The maximum atomic E-state index is 5.65. The number of hydrogen-bond donors (Lipinski definition) is 1. The van der Waals surface area contributed by atoms with Gasteiger partial charge in [0.2, 0.25) is 0 Å². The molecule has 0 amide bonds. The average Bonchev–Trinajstić information content (AvgIpc) is 2.16. The summed E-state index contributed by atoms with van der Waals surface area (Å²) >= 11 is 0. The molecule has 0 aromatic heterocycles. The quantitative estimate of drug-likeness (QED) is 0.763. The molecule has 0 fully saturated rings. The molecule has 72 valence electrons. The molecule has 0 aliphatic rings. The highest BCUT2D eigenvalue weighted by Crippen LogP contribution is 2.15. The lowest BCUT2D eigenvalue weighted by molar-refractivity contribution is 0.181. The zero-order valence-corrected chi connectivity index (χ0v) is 8.29. The molecule has 0 radical (unpaired) electrons. The Balaban J connectivity index is 2.73. The van der Waals surface area contributed by atoms with Crippen LogP contribution < -0.4 is 5.73 Å². The van der Waals surface area contributed by atoms with E-state index < -0.39 is 0 Å². The first-order chi connectivity index (χ1) is 6.27. The zero-order valence-electron chi connectivity index (χ0n) is 8.29. The normalized spacial score (nSPS) is 12.8. The monoisotopic (exact) mass is 179 g/mol. The van der Waals surface area contributed by atoms with Crippen molar-refractivity contribution in [3.8, 4) is 0 Å². The molecule has 0 spiro atoms. The summed E-state index contributed by atoms with van der Waals surface area (Å²) < 4.78 is 5.10. The van der Waals surface area contributed by atoms with Crippen molar-refractivity contribution < 1.29 is 4.74 Å². The van der Waals surface area contributed by atoms with Crippen molar-refractivity contribution in [2.75, 3.05) is 20.3 Å². The van der Waals surface area contributed by atoms with E-state index in [1.165, 1.54) is 11.1 Å². The van der Waals surface area contributed by atoms with Crippen molar-refractivity contribution >= 4 is 0 Å². The van der Waals surface area contributed by atoms with Crippen molar-refractivity contribution in [3.63, 3.8) is 0 Å². The molecule has 2 heteroatoms. The Labute approximate surface area is 79.7 Å². The van der Waals surface area contributed by atoms with E-state index in [9.17, 15) is 0 Å². The summed E-state index contributed by atoms with van der Waals surface area (Å²) in [4.78, 5) is 0. The third kappa shape index (κ3) is 2.83. The van der Waals surface area contributed by atoms with Gasteiger partial charge < -0.3 is 10.5 Å². The van der Waals surface area contributed by atoms with Gasteiger partial charge in [-0.2, -0.15) is 0 Å². The topological polar surface area (TPSA) is 35.2 Å².